The SMILES string of the molecule is c1ccc(-c2cccc(CCN(c3ccc(-c4ccccc4)cc3-c3cccc4ccccc34)c3cccc4c3ccc3nc(-c5ccccc5)oc34)c2)cc1. The summed E-state index contributed by atoms with van der Waals surface area (Å²) in [5.41, 5.74) is 13.4. The number of aromatic nitrogens is 1. The lowest BCUT2D eigenvalue weighted by Gasteiger charge is -2.30. The van der Waals surface area contributed by atoms with E-state index in [2.05, 4.69) is 181 Å². The third-order valence-corrected chi connectivity index (χ3v) is 10.8. The van der Waals surface area contributed by atoms with Gasteiger partial charge < -0.3 is 9.32 Å². The number of benzene rings is 9. The Hall–Kier alpha value is -7.23. The largest absolute Gasteiger partial charge is 0.435 e. The van der Waals surface area contributed by atoms with Crippen molar-refractivity contribution in [2.75, 3.05) is 11.4 Å². The summed E-state index contributed by atoms with van der Waals surface area (Å²) in [7, 11) is 0. The molecular weight excluding hydrogens is 681 g/mol. The fourth-order valence-electron chi connectivity index (χ4n) is 8.07. The number of nitrogens with zero attached hydrogens (tertiary/aromatic N) is 2. The van der Waals surface area contributed by atoms with Gasteiger partial charge in [-0.2, -0.15) is 0 Å². The number of rotatable bonds is 9. The molecule has 0 radical (unpaired) electrons. The molecule has 0 aliphatic rings. The Labute approximate surface area is 326 Å². The molecule has 10 rings (SSSR count). The second-order valence-corrected chi connectivity index (χ2v) is 14.3. The van der Waals surface area contributed by atoms with Gasteiger partial charge in [-0.05, 0) is 93.0 Å². The monoisotopic (exact) mass is 718 g/mol. The average Bonchev–Trinajstić information content (AvgIpc) is 3.73. The second kappa shape index (κ2) is 14.5. The Morgan fingerprint density at radius 2 is 1.04 bits per heavy atom. The lowest BCUT2D eigenvalue weighted by Crippen LogP contribution is -2.21. The zero-order valence-corrected chi connectivity index (χ0v) is 30.8. The fraction of sp³-hybridized carbons (Fsp3) is 0.0377. The van der Waals surface area contributed by atoms with E-state index in [1.54, 1.807) is 0 Å². The Morgan fingerprint density at radius 3 is 1.82 bits per heavy atom. The Bertz CT molecular complexity index is 2960. The normalized spacial score (nSPS) is 11.4. The van der Waals surface area contributed by atoms with Gasteiger partial charge in [-0.1, -0.05) is 164 Å². The number of hydrogen-bond acceptors (Lipinski definition) is 3. The number of fused-ring (bicyclic) bond motifs is 4. The van der Waals surface area contributed by atoms with Gasteiger partial charge in [-0.15, -0.1) is 0 Å². The van der Waals surface area contributed by atoms with Gasteiger partial charge in [0.15, 0.2) is 5.58 Å². The molecule has 0 fully saturated rings. The summed E-state index contributed by atoms with van der Waals surface area (Å²) in [6.45, 7) is 0.753. The van der Waals surface area contributed by atoms with Crippen LogP contribution in [0.5, 0.6) is 0 Å². The molecule has 266 valence electrons. The standard InChI is InChI=1S/C53H38N2O/c1-4-16-38(17-5-1)42-24-12-15-37(35-42)33-34-55(50-28-14-27-47-46(50)30-31-49-52(47)56-53(54-49)41-21-8-3-9-22-41)51-32-29-43(39-18-6-2-7-19-39)36-48(51)45-26-13-23-40-20-10-11-25-44(40)45/h1-32,35-36H,33-34H2. The minimum atomic E-state index is 0.628. The molecule has 0 unspecified atom stereocenters. The maximum absolute atomic E-state index is 6.57. The van der Waals surface area contributed by atoms with Crippen LogP contribution in [0.2, 0.25) is 0 Å². The van der Waals surface area contributed by atoms with E-state index in [9.17, 15) is 0 Å². The van der Waals surface area contributed by atoms with Gasteiger partial charge in [-0.3, -0.25) is 0 Å². The highest BCUT2D eigenvalue weighted by atomic mass is 16.3. The van der Waals surface area contributed by atoms with Gasteiger partial charge in [0.05, 0.1) is 0 Å². The van der Waals surface area contributed by atoms with E-state index in [0.717, 1.165) is 51.8 Å². The lowest BCUT2D eigenvalue weighted by molar-refractivity contribution is 0.623. The van der Waals surface area contributed by atoms with Crippen molar-refractivity contribution >= 4 is 44.0 Å². The summed E-state index contributed by atoms with van der Waals surface area (Å²) in [5.74, 6) is 0.628. The molecule has 0 N–H and O–H groups in total. The first-order chi connectivity index (χ1) is 27.8. The van der Waals surface area contributed by atoms with Gasteiger partial charge in [0, 0.05) is 39.8 Å². The zero-order chi connectivity index (χ0) is 37.3. The molecule has 1 heterocycles. The average molecular weight is 719 g/mol. The van der Waals surface area contributed by atoms with Crippen molar-refractivity contribution in [2.24, 2.45) is 0 Å². The minimum absolute atomic E-state index is 0.628. The number of anilines is 2. The van der Waals surface area contributed by atoms with Crippen molar-refractivity contribution < 1.29 is 4.42 Å². The van der Waals surface area contributed by atoms with Crippen LogP contribution in [0.3, 0.4) is 0 Å². The molecule has 0 atom stereocenters. The lowest BCUT2D eigenvalue weighted by atomic mass is 9.92. The minimum Gasteiger partial charge on any atom is -0.435 e. The fourth-order valence-corrected chi connectivity index (χ4v) is 8.07. The highest BCUT2D eigenvalue weighted by Crippen LogP contribution is 2.44. The van der Waals surface area contributed by atoms with E-state index in [-0.39, 0.29) is 0 Å². The van der Waals surface area contributed by atoms with E-state index in [0.29, 0.717) is 5.89 Å². The predicted octanol–water partition coefficient (Wildman–Crippen LogP) is 14.2. The number of oxazole rings is 1. The zero-order valence-electron chi connectivity index (χ0n) is 30.8. The molecule has 0 spiro atoms. The summed E-state index contributed by atoms with van der Waals surface area (Å²) < 4.78 is 6.57. The van der Waals surface area contributed by atoms with E-state index in [4.69, 9.17) is 9.40 Å². The maximum atomic E-state index is 6.57. The molecule has 0 aliphatic carbocycles. The quantitative estimate of drug-likeness (QED) is 0.149. The van der Waals surface area contributed by atoms with E-state index >= 15 is 0 Å². The third kappa shape index (κ3) is 6.29. The molecule has 1 aromatic heterocycles. The first-order valence-corrected chi connectivity index (χ1v) is 19.2. The van der Waals surface area contributed by atoms with Crippen molar-refractivity contribution in [3.63, 3.8) is 0 Å². The van der Waals surface area contributed by atoms with Gasteiger partial charge >= 0.3 is 0 Å². The number of hydrogen-bond donors (Lipinski definition) is 0. The van der Waals surface area contributed by atoms with Crippen LogP contribution >= 0.6 is 0 Å². The smallest absolute Gasteiger partial charge is 0.227 e. The van der Waals surface area contributed by atoms with Crippen LogP contribution in [0, 0.1) is 0 Å². The van der Waals surface area contributed by atoms with Crippen LogP contribution in [0.4, 0.5) is 11.4 Å². The molecule has 0 saturated carbocycles. The van der Waals surface area contributed by atoms with Gasteiger partial charge in [-0.25, -0.2) is 4.98 Å². The molecule has 0 saturated heterocycles. The van der Waals surface area contributed by atoms with E-state index < -0.39 is 0 Å². The van der Waals surface area contributed by atoms with Gasteiger partial charge in [0.25, 0.3) is 0 Å². The van der Waals surface area contributed by atoms with Crippen LogP contribution in [-0.2, 0) is 6.42 Å². The summed E-state index contributed by atoms with van der Waals surface area (Å²) in [4.78, 5) is 7.43. The summed E-state index contributed by atoms with van der Waals surface area (Å²) in [5, 5.41) is 4.60. The molecule has 9 aromatic carbocycles. The molecule has 0 bridgehead atoms. The van der Waals surface area contributed by atoms with E-state index in [1.165, 1.54) is 49.7 Å². The highest BCUT2D eigenvalue weighted by Gasteiger charge is 2.21. The summed E-state index contributed by atoms with van der Waals surface area (Å²) in [6, 6.07) is 73.6. The van der Waals surface area contributed by atoms with Crippen LogP contribution in [0.15, 0.2) is 211 Å². The Balaban J connectivity index is 1.17. The first kappa shape index (κ1) is 33.3. The maximum Gasteiger partial charge on any atom is 0.227 e. The van der Waals surface area contributed by atoms with Crippen molar-refractivity contribution in [3.8, 4) is 44.8 Å². The predicted molar refractivity (Wildman–Crippen MR) is 234 cm³/mol. The van der Waals surface area contributed by atoms with Crippen LogP contribution < -0.4 is 4.90 Å². The second-order valence-electron chi connectivity index (χ2n) is 14.3. The molecular formula is C53H38N2O. The molecule has 3 nitrogen and oxygen atoms in total. The van der Waals surface area contributed by atoms with Crippen molar-refractivity contribution in [1.29, 1.82) is 0 Å². The molecule has 56 heavy (non-hydrogen) atoms. The molecule has 3 heteroatoms. The Kier molecular flexibility index (Phi) is 8.66. The van der Waals surface area contributed by atoms with Crippen LogP contribution in [0.25, 0.3) is 77.5 Å². The highest BCUT2D eigenvalue weighted by molar-refractivity contribution is 6.10. The topological polar surface area (TPSA) is 29.3 Å². The summed E-state index contributed by atoms with van der Waals surface area (Å²) in [6.07, 6.45) is 0.842. The van der Waals surface area contributed by atoms with Crippen molar-refractivity contribution in [3.05, 3.63) is 212 Å². The molecule has 0 aliphatic heterocycles. The van der Waals surface area contributed by atoms with Crippen LogP contribution in [-0.4, -0.2) is 11.5 Å². The Morgan fingerprint density at radius 1 is 0.411 bits per heavy atom. The van der Waals surface area contributed by atoms with Gasteiger partial charge in [0.1, 0.15) is 5.52 Å². The molecule has 0 amide bonds. The molecule has 10 aromatic rings. The van der Waals surface area contributed by atoms with Gasteiger partial charge in [0.2, 0.25) is 5.89 Å². The third-order valence-electron chi connectivity index (χ3n) is 10.8. The van der Waals surface area contributed by atoms with Crippen LogP contribution in [0.1, 0.15) is 5.56 Å². The van der Waals surface area contributed by atoms with Crippen molar-refractivity contribution in [1.82, 2.24) is 4.98 Å². The van der Waals surface area contributed by atoms with Crippen molar-refractivity contribution in [2.45, 2.75) is 6.42 Å². The van der Waals surface area contributed by atoms with E-state index in [1.807, 2.05) is 30.3 Å². The first-order valence-electron chi connectivity index (χ1n) is 19.2. The summed E-state index contributed by atoms with van der Waals surface area (Å²) >= 11 is 0.